The van der Waals surface area contributed by atoms with E-state index in [2.05, 4.69) is 0 Å². The van der Waals surface area contributed by atoms with Gasteiger partial charge in [0, 0.05) is 32.8 Å². The standard InChI is InChI=1S/C16H17N3O4/c1-17(2)12-6-4-5-7-13(12)18(3)16(21)11-8-9-14(19(22)23)15(20)10-11/h4-10,20H,1-3H3. The van der Waals surface area contributed by atoms with E-state index in [0.29, 0.717) is 5.69 Å². The summed E-state index contributed by atoms with van der Waals surface area (Å²) < 4.78 is 0. The molecule has 0 aliphatic carbocycles. The average Bonchev–Trinajstić information content (AvgIpc) is 2.52. The van der Waals surface area contributed by atoms with Crippen LogP contribution in [0.1, 0.15) is 10.4 Å². The maximum absolute atomic E-state index is 12.6. The molecule has 7 nitrogen and oxygen atoms in total. The molecule has 0 aromatic heterocycles. The Bertz CT molecular complexity index is 759. The molecule has 120 valence electrons. The molecule has 0 spiro atoms. The summed E-state index contributed by atoms with van der Waals surface area (Å²) in [4.78, 5) is 25.9. The molecule has 0 radical (unpaired) electrons. The van der Waals surface area contributed by atoms with Crippen LogP contribution in [-0.2, 0) is 0 Å². The summed E-state index contributed by atoms with van der Waals surface area (Å²) in [7, 11) is 5.35. The van der Waals surface area contributed by atoms with E-state index in [0.717, 1.165) is 17.8 Å². The molecule has 0 saturated heterocycles. The third-order valence-corrected chi connectivity index (χ3v) is 3.45. The number of amides is 1. The van der Waals surface area contributed by atoms with E-state index in [4.69, 9.17) is 0 Å². The van der Waals surface area contributed by atoms with Crippen molar-refractivity contribution in [3.63, 3.8) is 0 Å². The molecule has 0 aliphatic rings. The second kappa shape index (κ2) is 6.35. The van der Waals surface area contributed by atoms with Crippen LogP contribution in [0.5, 0.6) is 5.75 Å². The molecular weight excluding hydrogens is 298 g/mol. The van der Waals surface area contributed by atoms with Crippen LogP contribution in [-0.4, -0.2) is 37.1 Å². The molecule has 0 saturated carbocycles. The maximum atomic E-state index is 12.6. The Morgan fingerprint density at radius 1 is 1.09 bits per heavy atom. The van der Waals surface area contributed by atoms with E-state index in [1.54, 1.807) is 13.1 Å². The molecule has 0 atom stereocenters. The number of nitro benzene ring substituents is 1. The van der Waals surface area contributed by atoms with Crippen molar-refractivity contribution in [3.05, 3.63) is 58.1 Å². The Hall–Kier alpha value is -3.09. The number of carbonyl (C=O) groups is 1. The van der Waals surface area contributed by atoms with Crippen molar-refractivity contribution in [3.8, 4) is 5.75 Å². The number of para-hydroxylation sites is 2. The third-order valence-electron chi connectivity index (χ3n) is 3.45. The van der Waals surface area contributed by atoms with Gasteiger partial charge in [-0.05, 0) is 24.3 Å². The van der Waals surface area contributed by atoms with Crippen LogP contribution in [0.15, 0.2) is 42.5 Å². The van der Waals surface area contributed by atoms with Gasteiger partial charge in [-0.3, -0.25) is 14.9 Å². The van der Waals surface area contributed by atoms with Gasteiger partial charge in [0.2, 0.25) is 0 Å². The lowest BCUT2D eigenvalue weighted by Crippen LogP contribution is -2.28. The summed E-state index contributed by atoms with van der Waals surface area (Å²) in [5, 5.41) is 20.4. The number of aromatic hydroxyl groups is 1. The van der Waals surface area contributed by atoms with E-state index >= 15 is 0 Å². The van der Waals surface area contributed by atoms with Crippen LogP contribution in [0.3, 0.4) is 0 Å². The smallest absolute Gasteiger partial charge is 0.310 e. The maximum Gasteiger partial charge on any atom is 0.310 e. The highest BCUT2D eigenvalue weighted by molar-refractivity contribution is 6.07. The SMILES string of the molecule is CN(C)c1ccccc1N(C)C(=O)c1ccc([N+](=O)[O-])c(O)c1. The molecule has 7 heteroatoms. The van der Waals surface area contributed by atoms with Gasteiger partial charge in [0.25, 0.3) is 5.91 Å². The highest BCUT2D eigenvalue weighted by Crippen LogP contribution is 2.30. The minimum Gasteiger partial charge on any atom is -0.502 e. The van der Waals surface area contributed by atoms with E-state index in [1.807, 2.05) is 37.2 Å². The lowest BCUT2D eigenvalue weighted by molar-refractivity contribution is -0.385. The van der Waals surface area contributed by atoms with Crippen molar-refractivity contribution in [2.24, 2.45) is 0 Å². The van der Waals surface area contributed by atoms with Crippen molar-refractivity contribution < 1.29 is 14.8 Å². The van der Waals surface area contributed by atoms with E-state index in [9.17, 15) is 20.0 Å². The zero-order valence-electron chi connectivity index (χ0n) is 13.1. The minimum atomic E-state index is -0.700. The highest BCUT2D eigenvalue weighted by atomic mass is 16.6. The molecule has 2 aromatic rings. The summed E-state index contributed by atoms with van der Waals surface area (Å²) in [5.41, 5.74) is 1.29. The molecule has 1 amide bonds. The van der Waals surface area contributed by atoms with Crippen LogP contribution in [0.4, 0.5) is 17.1 Å². The largest absolute Gasteiger partial charge is 0.502 e. The molecule has 0 fully saturated rings. The first-order chi connectivity index (χ1) is 10.8. The molecule has 2 rings (SSSR count). The molecule has 0 aliphatic heterocycles. The lowest BCUT2D eigenvalue weighted by Gasteiger charge is -2.24. The molecular formula is C16H17N3O4. The fourth-order valence-corrected chi connectivity index (χ4v) is 2.24. The second-order valence-electron chi connectivity index (χ2n) is 5.21. The monoisotopic (exact) mass is 315 g/mol. The number of hydrogen-bond acceptors (Lipinski definition) is 5. The first-order valence-electron chi connectivity index (χ1n) is 6.84. The summed E-state index contributed by atoms with van der Waals surface area (Å²) in [6.07, 6.45) is 0. The molecule has 0 heterocycles. The van der Waals surface area contributed by atoms with Gasteiger partial charge in [0.15, 0.2) is 5.75 Å². The summed E-state index contributed by atoms with van der Waals surface area (Å²) in [5.74, 6) is -0.903. The molecule has 0 bridgehead atoms. The van der Waals surface area contributed by atoms with Crippen molar-refractivity contribution in [2.75, 3.05) is 30.9 Å². The third kappa shape index (κ3) is 3.23. The van der Waals surface area contributed by atoms with Gasteiger partial charge >= 0.3 is 5.69 Å². The van der Waals surface area contributed by atoms with E-state index in [1.165, 1.54) is 11.0 Å². The van der Waals surface area contributed by atoms with Gasteiger partial charge in [-0.25, -0.2) is 0 Å². The van der Waals surface area contributed by atoms with Gasteiger partial charge in [-0.15, -0.1) is 0 Å². The molecule has 23 heavy (non-hydrogen) atoms. The Labute approximate surface area is 133 Å². The summed E-state index contributed by atoms with van der Waals surface area (Å²) in [6.45, 7) is 0. The van der Waals surface area contributed by atoms with Crippen LogP contribution in [0.2, 0.25) is 0 Å². The minimum absolute atomic E-state index is 0.171. The van der Waals surface area contributed by atoms with Crippen LogP contribution >= 0.6 is 0 Å². The first-order valence-corrected chi connectivity index (χ1v) is 6.84. The lowest BCUT2D eigenvalue weighted by atomic mass is 10.1. The normalized spacial score (nSPS) is 10.2. The quantitative estimate of drug-likeness (QED) is 0.692. The predicted octanol–water partition coefficient (Wildman–Crippen LogP) is 2.64. The Balaban J connectivity index is 2.37. The van der Waals surface area contributed by atoms with E-state index < -0.39 is 16.4 Å². The fourth-order valence-electron chi connectivity index (χ4n) is 2.24. The number of phenolic OH excluding ortho intramolecular Hbond substituents is 1. The second-order valence-corrected chi connectivity index (χ2v) is 5.21. The van der Waals surface area contributed by atoms with Gasteiger partial charge in [0.05, 0.1) is 16.3 Å². The summed E-state index contributed by atoms with van der Waals surface area (Å²) in [6, 6.07) is 10.9. The van der Waals surface area contributed by atoms with Crippen molar-refractivity contribution in [2.45, 2.75) is 0 Å². The van der Waals surface area contributed by atoms with Gasteiger partial charge < -0.3 is 14.9 Å². The highest BCUT2D eigenvalue weighted by Gasteiger charge is 2.20. The zero-order valence-corrected chi connectivity index (χ0v) is 13.1. The number of rotatable bonds is 4. The Morgan fingerprint density at radius 3 is 2.22 bits per heavy atom. The Morgan fingerprint density at radius 2 is 1.70 bits per heavy atom. The van der Waals surface area contributed by atoms with Gasteiger partial charge in [-0.1, -0.05) is 12.1 Å². The number of benzene rings is 2. The van der Waals surface area contributed by atoms with Crippen LogP contribution in [0, 0.1) is 10.1 Å². The topological polar surface area (TPSA) is 86.9 Å². The van der Waals surface area contributed by atoms with Gasteiger partial charge in [-0.2, -0.15) is 0 Å². The van der Waals surface area contributed by atoms with Crippen molar-refractivity contribution >= 4 is 23.0 Å². The number of hydrogen-bond donors (Lipinski definition) is 1. The van der Waals surface area contributed by atoms with Crippen LogP contribution in [0.25, 0.3) is 0 Å². The van der Waals surface area contributed by atoms with Crippen molar-refractivity contribution in [1.29, 1.82) is 0 Å². The average molecular weight is 315 g/mol. The number of phenols is 1. The first kappa shape index (κ1) is 16.3. The molecule has 0 unspecified atom stereocenters. The van der Waals surface area contributed by atoms with Crippen molar-refractivity contribution in [1.82, 2.24) is 0 Å². The Kier molecular flexibility index (Phi) is 4.49. The van der Waals surface area contributed by atoms with Gasteiger partial charge in [0.1, 0.15) is 0 Å². The number of anilines is 2. The number of carbonyl (C=O) groups excluding carboxylic acids is 1. The van der Waals surface area contributed by atoms with E-state index in [-0.39, 0.29) is 11.5 Å². The zero-order chi connectivity index (χ0) is 17.1. The van der Waals surface area contributed by atoms with Crippen LogP contribution < -0.4 is 9.80 Å². The fraction of sp³-hybridized carbons (Fsp3) is 0.188. The summed E-state index contributed by atoms with van der Waals surface area (Å²) >= 11 is 0. The molecule has 1 N–H and O–H groups in total. The predicted molar refractivity (Wildman–Crippen MR) is 88.3 cm³/mol. The number of nitrogens with zero attached hydrogens (tertiary/aromatic N) is 3. The number of nitro groups is 1. The molecule has 2 aromatic carbocycles.